The lowest BCUT2D eigenvalue weighted by molar-refractivity contribution is -0.122. The molecule has 1 aliphatic heterocycles. The number of aryl methyl sites for hydroxylation is 1. The summed E-state index contributed by atoms with van der Waals surface area (Å²) in [5.41, 5.74) is 0.438. The predicted molar refractivity (Wildman–Crippen MR) is 105 cm³/mol. The summed E-state index contributed by atoms with van der Waals surface area (Å²) in [5, 5.41) is 7.08. The first-order valence-corrected chi connectivity index (χ1v) is 9.89. The largest absolute Gasteiger partial charge is 0.351 e. The molecule has 3 rings (SSSR count). The summed E-state index contributed by atoms with van der Waals surface area (Å²) in [6, 6.07) is 9.05. The van der Waals surface area contributed by atoms with Crippen molar-refractivity contribution in [2.24, 2.45) is 0 Å². The number of hydrogen-bond acceptors (Lipinski definition) is 5. The van der Waals surface area contributed by atoms with Gasteiger partial charge in [-0.1, -0.05) is 30.3 Å². The number of nitrogens with one attached hydrogen (secondary N) is 1. The van der Waals surface area contributed by atoms with Crippen molar-refractivity contribution in [3.05, 3.63) is 47.6 Å². The lowest BCUT2D eigenvalue weighted by atomic mass is 10.0. The van der Waals surface area contributed by atoms with E-state index >= 15 is 0 Å². The minimum Gasteiger partial charge on any atom is -0.351 e. The van der Waals surface area contributed by atoms with Gasteiger partial charge >= 0.3 is 0 Å². The van der Waals surface area contributed by atoms with Crippen LogP contribution in [0.2, 0.25) is 0 Å². The van der Waals surface area contributed by atoms with Crippen LogP contribution in [0.15, 0.2) is 34.9 Å². The molecule has 2 aromatic rings. The molecule has 150 valence electrons. The van der Waals surface area contributed by atoms with Crippen LogP contribution in [0.25, 0.3) is 0 Å². The molecule has 1 aromatic carbocycles. The maximum absolute atomic E-state index is 12.8. The van der Waals surface area contributed by atoms with Gasteiger partial charge in [-0.3, -0.25) is 9.59 Å². The first-order chi connectivity index (χ1) is 13.4. The number of likely N-dealkylation sites (tertiary alicyclic amines) is 1. The van der Waals surface area contributed by atoms with Gasteiger partial charge in [0.1, 0.15) is 0 Å². The first-order valence-electron chi connectivity index (χ1n) is 9.89. The Labute approximate surface area is 165 Å². The number of carbonyl (C=O) groups excluding carboxylic acids is 2. The molecule has 7 heteroatoms. The topological polar surface area (TPSA) is 88.3 Å². The number of carbonyl (C=O) groups is 2. The van der Waals surface area contributed by atoms with Crippen molar-refractivity contribution in [2.45, 2.75) is 64.5 Å². The van der Waals surface area contributed by atoms with Crippen LogP contribution in [0.3, 0.4) is 0 Å². The number of aromatic nitrogens is 2. The molecule has 7 nitrogen and oxygen atoms in total. The third kappa shape index (κ3) is 4.77. The number of amides is 2. The van der Waals surface area contributed by atoms with Crippen LogP contribution in [0.5, 0.6) is 0 Å². The fraction of sp³-hybridized carbons (Fsp3) is 0.524. The van der Waals surface area contributed by atoms with Crippen molar-refractivity contribution in [1.82, 2.24) is 20.4 Å². The highest BCUT2D eigenvalue weighted by Gasteiger charge is 2.33. The van der Waals surface area contributed by atoms with Crippen molar-refractivity contribution in [3.63, 3.8) is 0 Å². The lowest BCUT2D eigenvalue weighted by Crippen LogP contribution is -2.42. The molecule has 2 heterocycles. The van der Waals surface area contributed by atoms with Crippen LogP contribution in [-0.4, -0.2) is 38.9 Å². The summed E-state index contributed by atoms with van der Waals surface area (Å²) in [7, 11) is 0. The van der Waals surface area contributed by atoms with E-state index in [2.05, 4.69) is 15.5 Å². The average molecular weight is 384 g/mol. The Balaban J connectivity index is 1.61. The number of rotatable bonds is 7. The quantitative estimate of drug-likeness (QED) is 0.791. The molecule has 0 radical (unpaired) electrons. The number of nitrogens with zero attached hydrogens (tertiary/aromatic N) is 3. The second kappa shape index (κ2) is 8.54. The Bertz CT molecular complexity index is 816. The van der Waals surface area contributed by atoms with E-state index in [0.717, 1.165) is 19.3 Å². The molecule has 0 saturated carbocycles. The molecular weight excluding hydrogens is 356 g/mol. The third-order valence-corrected chi connectivity index (χ3v) is 5.24. The van der Waals surface area contributed by atoms with Crippen molar-refractivity contribution in [2.75, 3.05) is 6.54 Å². The molecule has 0 aliphatic carbocycles. The average Bonchev–Trinajstić information content (AvgIpc) is 3.35. The van der Waals surface area contributed by atoms with Gasteiger partial charge in [-0.05, 0) is 45.2 Å². The third-order valence-electron chi connectivity index (χ3n) is 5.24. The Morgan fingerprint density at radius 1 is 1.29 bits per heavy atom. The van der Waals surface area contributed by atoms with Gasteiger partial charge in [-0.25, -0.2) is 0 Å². The predicted octanol–water partition coefficient (Wildman–Crippen LogP) is 3.28. The summed E-state index contributed by atoms with van der Waals surface area (Å²) in [6.07, 6.45) is 3.25. The molecule has 2 amide bonds. The molecule has 1 atom stereocenters. The van der Waals surface area contributed by atoms with Crippen LogP contribution in [0, 0.1) is 0 Å². The SMILES string of the molecule is CCC(C)(C)NC(=O)CCc1nc(C2CCCN2C(=O)c2ccccc2)no1. The van der Waals surface area contributed by atoms with Crippen LogP contribution >= 0.6 is 0 Å². The van der Waals surface area contributed by atoms with Crippen LogP contribution in [-0.2, 0) is 11.2 Å². The molecule has 0 spiro atoms. The standard InChI is InChI=1S/C21H28N4O3/c1-4-21(2,3)23-17(26)12-13-18-22-19(24-28-18)16-11-8-14-25(16)20(27)15-9-6-5-7-10-15/h5-7,9-10,16H,4,8,11-14H2,1-3H3,(H,23,26). The van der Waals surface area contributed by atoms with E-state index in [1.807, 2.05) is 51.1 Å². The normalized spacial score (nSPS) is 17.0. The van der Waals surface area contributed by atoms with Crippen LogP contribution < -0.4 is 5.32 Å². The molecule has 1 saturated heterocycles. The molecule has 1 fully saturated rings. The molecule has 1 N–H and O–H groups in total. The fourth-order valence-corrected chi connectivity index (χ4v) is 3.28. The van der Waals surface area contributed by atoms with Crippen molar-refractivity contribution < 1.29 is 14.1 Å². The van der Waals surface area contributed by atoms with Crippen LogP contribution in [0.1, 0.15) is 74.6 Å². The fourth-order valence-electron chi connectivity index (χ4n) is 3.28. The highest BCUT2D eigenvalue weighted by atomic mass is 16.5. The Kier molecular flexibility index (Phi) is 6.11. The maximum atomic E-state index is 12.8. The molecule has 28 heavy (non-hydrogen) atoms. The minimum atomic E-state index is -0.223. The van der Waals surface area contributed by atoms with Gasteiger partial charge in [0.05, 0.1) is 6.04 Å². The van der Waals surface area contributed by atoms with E-state index < -0.39 is 0 Å². The van der Waals surface area contributed by atoms with E-state index in [1.165, 1.54) is 0 Å². The monoisotopic (exact) mass is 384 g/mol. The van der Waals surface area contributed by atoms with E-state index in [-0.39, 0.29) is 23.4 Å². The summed E-state index contributed by atoms with van der Waals surface area (Å²) in [6.45, 7) is 6.70. The number of hydrogen-bond donors (Lipinski definition) is 1. The van der Waals surface area contributed by atoms with Gasteiger partial charge < -0.3 is 14.7 Å². The molecule has 1 unspecified atom stereocenters. The van der Waals surface area contributed by atoms with Crippen molar-refractivity contribution >= 4 is 11.8 Å². The second-order valence-corrected chi connectivity index (χ2v) is 7.85. The van der Waals surface area contributed by atoms with Crippen molar-refractivity contribution in [3.8, 4) is 0 Å². The Hall–Kier alpha value is -2.70. The first kappa shape index (κ1) is 20.0. The van der Waals surface area contributed by atoms with Gasteiger partial charge in [0.15, 0.2) is 5.82 Å². The molecule has 1 aromatic heterocycles. The summed E-state index contributed by atoms with van der Waals surface area (Å²) in [4.78, 5) is 31.2. The zero-order valence-electron chi connectivity index (χ0n) is 16.8. The van der Waals surface area contributed by atoms with E-state index in [1.54, 1.807) is 4.90 Å². The van der Waals surface area contributed by atoms with E-state index in [9.17, 15) is 9.59 Å². The van der Waals surface area contributed by atoms with Gasteiger partial charge in [0.25, 0.3) is 5.91 Å². The zero-order valence-corrected chi connectivity index (χ0v) is 16.8. The van der Waals surface area contributed by atoms with Gasteiger partial charge in [0.2, 0.25) is 11.8 Å². The molecular formula is C21H28N4O3. The van der Waals surface area contributed by atoms with Gasteiger partial charge in [0, 0.05) is 30.5 Å². The lowest BCUT2D eigenvalue weighted by Gasteiger charge is -2.24. The van der Waals surface area contributed by atoms with Crippen molar-refractivity contribution in [1.29, 1.82) is 0 Å². The van der Waals surface area contributed by atoms with E-state index in [0.29, 0.717) is 36.7 Å². The van der Waals surface area contributed by atoms with E-state index in [4.69, 9.17) is 4.52 Å². The summed E-state index contributed by atoms with van der Waals surface area (Å²) >= 11 is 0. The van der Waals surface area contributed by atoms with Gasteiger partial charge in [-0.2, -0.15) is 4.98 Å². The minimum absolute atomic E-state index is 0.0179. The smallest absolute Gasteiger partial charge is 0.254 e. The highest BCUT2D eigenvalue weighted by Crippen LogP contribution is 2.31. The Morgan fingerprint density at radius 3 is 2.75 bits per heavy atom. The molecule has 1 aliphatic rings. The highest BCUT2D eigenvalue weighted by molar-refractivity contribution is 5.94. The summed E-state index contributed by atoms with van der Waals surface area (Å²) in [5.74, 6) is 0.897. The second-order valence-electron chi connectivity index (χ2n) is 7.85. The Morgan fingerprint density at radius 2 is 2.04 bits per heavy atom. The maximum Gasteiger partial charge on any atom is 0.254 e. The number of benzene rings is 1. The van der Waals surface area contributed by atoms with Gasteiger partial charge in [-0.15, -0.1) is 0 Å². The zero-order chi connectivity index (χ0) is 20.1. The van der Waals surface area contributed by atoms with Crippen LogP contribution in [0.4, 0.5) is 0 Å². The molecule has 0 bridgehead atoms. The summed E-state index contributed by atoms with van der Waals surface area (Å²) < 4.78 is 5.34.